The van der Waals surface area contributed by atoms with Crippen molar-refractivity contribution in [1.29, 1.82) is 0 Å². The molecule has 1 N–H and O–H groups in total. The predicted octanol–water partition coefficient (Wildman–Crippen LogP) is 2.31. The third kappa shape index (κ3) is 3.81. The van der Waals surface area contributed by atoms with Crippen molar-refractivity contribution in [2.24, 2.45) is 5.92 Å². The van der Waals surface area contributed by atoms with Crippen LogP contribution in [0.25, 0.3) is 0 Å². The average molecular weight is 183 g/mol. The van der Waals surface area contributed by atoms with E-state index in [1.54, 1.807) is 0 Å². The van der Waals surface area contributed by atoms with E-state index in [0.717, 1.165) is 19.4 Å². The maximum Gasteiger partial charge on any atom is 0.110 e. The van der Waals surface area contributed by atoms with Crippen LogP contribution in [-0.2, 0) is 4.74 Å². The maximum atomic E-state index is 5.47. The van der Waals surface area contributed by atoms with Gasteiger partial charge in [0.15, 0.2) is 0 Å². The summed E-state index contributed by atoms with van der Waals surface area (Å²) < 4.78 is 5.47. The van der Waals surface area contributed by atoms with Crippen LogP contribution in [0.1, 0.15) is 33.6 Å². The zero-order valence-electron chi connectivity index (χ0n) is 8.92. The molecule has 0 fully saturated rings. The minimum absolute atomic E-state index is 0.381. The van der Waals surface area contributed by atoms with E-state index in [4.69, 9.17) is 4.74 Å². The van der Waals surface area contributed by atoms with Gasteiger partial charge in [-0.25, -0.2) is 0 Å². The molecular weight excluding hydrogens is 162 g/mol. The third-order valence-electron chi connectivity index (χ3n) is 2.69. The maximum absolute atomic E-state index is 5.47. The van der Waals surface area contributed by atoms with Gasteiger partial charge in [0.2, 0.25) is 0 Å². The second-order valence-electron chi connectivity index (χ2n) is 4.15. The van der Waals surface area contributed by atoms with Crippen molar-refractivity contribution in [2.45, 2.75) is 45.8 Å². The van der Waals surface area contributed by atoms with E-state index in [1.807, 2.05) is 6.26 Å². The summed E-state index contributed by atoms with van der Waals surface area (Å²) >= 11 is 0. The van der Waals surface area contributed by atoms with E-state index < -0.39 is 0 Å². The van der Waals surface area contributed by atoms with Crippen molar-refractivity contribution in [3.05, 3.63) is 12.3 Å². The van der Waals surface area contributed by atoms with Crippen LogP contribution in [0.4, 0.5) is 0 Å². The summed E-state index contributed by atoms with van der Waals surface area (Å²) in [7, 11) is 0. The molecule has 2 unspecified atom stereocenters. The van der Waals surface area contributed by atoms with Crippen LogP contribution >= 0.6 is 0 Å². The molecule has 1 heterocycles. The highest BCUT2D eigenvalue weighted by atomic mass is 16.5. The van der Waals surface area contributed by atoms with Gasteiger partial charge >= 0.3 is 0 Å². The van der Waals surface area contributed by atoms with E-state index in [-0.39, 0.29) is 0 Å². The lowest BCUT2D eigenvalue weighted by atomic mass is 10.1. The van der Waals surface area contributed by atoms with Crippen LogP contribution in [0.5, 0.6) is 0 Å². The van der Waals surface area contributed by atoms with Gasteiger partial charge in [0.1, 0.15) is 6.10 Å². The monoisotopic (exact) mass is 183 g/mol. The summed E-state index contributed by atoms with van der Waals surface area (Å²) in [6, 6.07) is 0.578. The van der Waals surface area contributed by atoms with Gasteiger partial charge in [-0.2, -0.15) is 0 Å². The van der Waals surface area contributed by atoms with Gasteiger partial charge in [-0.15, -0.1) is 0 Å². The largest absolute Gasteiger partial charge is 0.497 e. The van der Waals surface area contributed by atoms with Crippen LogP contribution in [0.2, 0.25) is 0 Å². The van der Waals surface area contributed by atoms with Gasteiger partial charge in [0, 0.05) is 12.6 Å². The number of ether oxygens (including phenoxy) is 1. The van der Waals surface area contributed by atoms with E-state index in [0.29, 0.717) is 18.1 Å². The molecule has 2 nitrogen and oxygen atoms in total. The van der Waals surface area contributed by atoms with Gasteiger partial charge in [0.05, 0.1) is 6.26 Å². The third-order valence-corrected chi connectivity index (χ3v) is 2.69. The summed E-state index contributed by atoms with van der Waals surface area (Å²) in [5.74, 6) is 0.694. The molecule has 0 aromatic carbocycles. The molecule has 1 aliphatic rings. The Balaban J connectivity index is 2.14. The topological polar surface area (TPSA) is 21.3 Å². The van der Waals surface area contributed by atoms with Crippen LogP contribution in [0.3, 0.4) is 0 Å². The molecule has 0 saturated heterocycles. The average Bonchev–Trinajstić information content (AvgIpc) is 2.15. The molecule has 0 amide bonds. The van der Waals surface area contributed by atoms with Gasteiger partial charge in [0.25, 0.3) is 0 Å². The summed E-state index contributed by atoms with van der Waals surface area (Å²) in [5, 5.41) is 3.49. The first-order chi connectivity index (χ1) is 6.20. The zero-order chi connectivity index (χ0) is 9.68. The quantitative estimate of drug-likeness (QED) is 0.722. The Hall–Kier alpha value is -0.500. The Morgan fingerprint density at radius 2 is 2.23 bits per heavy atom. The minimum Gasteiger partial charge on any atom is -0.497 e. The molecule has 0 aromatic heterocycles. The Morgan fingerprint density at radius 1 is 1.46 bits per heavy atom. The van der Waals surface area contributed by atoms with E-state index in [9.17, 15) is 0 Å². The van der Waals surface area contributed by atoms with Crippen LogP contribution in [0.15, 0.2) is 12.3 Å². The molecular formula is C11H21NO. The molecule has 13 heavy (non-hydrogen) atoms. The van der Waals surface area contributed by atoms with Crippen molar-refractivity contribution in [2.75, 3.05) is 6.54 Å². The number of rotatable bonds is 4. The van der Waals surface area contributed by atoms with Gasteiger partial charge in [-0.05, 0) is 31.8 Å². The smallest absolute Gasteiger partial charge is 0.110 e. The zero-order valence-corrected chi connectivity index (χ0v) is 8.92. The first-order valence-corrected chi connectivity index (χ1v) is 5.24. The second kappa shape index (κ2) is 5.28. The normalized spacial score (nSPS) is 24.5. The van der Waals surface area contributed by atoms with Crippen molar-refractivity contribution in [3.8, 4) is 0 Å². The first kappa shape index (κ1) is 10.6. The number of hydrogen-bond acceptors (Lipinski definition) is 2. The molecule has 2 atom stereocenters. The molecule has 0 saturated carbocycles. The van der Waals surface area contributed by atoms with Gasteiger partial charge in [-0.1, -0.05) is 13.8 Å². The molecule has 1 rings (SSSR count). The molecule has 1 aliphatic heterocycles. The molecule has 2 heteroatoms. The van der Waals surface area contributed by atoms with Crippen molar-refractivity contribution >= 4 is 0 Å². The fourth-order valence-corrected chi connectivity index (χ4v) is 1.29. The Labute approximate surface area is 81.4 Å². The predicted molar refractivity (Wildman–Crippen MR) is 55.5 cm³/mol. The summed E-state index contributed by atoms with van der Waals surface area (Å²) in [6.07, 6.45) is 6.60. The Bertz CT molecular complexity index is 165. The lowest BCUT2D eigenvalue weighted by molar-refractivity contribution is 0.118. The van der Waals surface area contributed by atoms with Gasteiger partial charge < -0.3 is 10.1 Å². The standard InChI is InChI=1S/C11H21NO/c1-9(2)10(3)12-8-11-6-4-5-7-13-11/h5,7,9-12H,4,6,8H2,1-3H3. The number of allylic oxidation sites excluding steroid dienone is 1. The summed E-state index contributed by atoms with van der Waals surface area (Å²) in [4.78, 5) is 0. The van der Waals surface area contributed by atoms with Crippen LogP contribution in [0, 0.1) is 5.92 Å². The SMILES string of the molecule is CC(C)C(C)NCC1CCC=CO1. The molecule has 0 radical (unpaired) electrons. The minimum atomic E-state index is 0.381. The summed E-state index contributed by atoms with van der Waals surface area (Å²) in [5.41, 5.74) is 0. The van der Waals surface area contributed by atoms with Crippen LogP contribution < -0.4 is 5.32 Å². The number of nitrogens with one attached hydrogen (secondary N) is 1. The van der Waals surface area contributed by atoms with E-state index >= 15 is 0 Å². The lowest BCUT2D eigenvalue weighted by Gasteiger charge is -2.23. The molecule has 0 spiro atoms. The molecule has 0 bridgehead atoms. The highest BCUT2D eigenvalue weighted by Gasteiger charge is 2.13. The second-order valence-corrected chi connectivity index (χ2v) is 4.15. The van der Waals surface area contributed by atoms with Crippen molar-refractivity contribution < 1.29 is 4.74 Å². The fraction of sp³-hybridized carbons (Fsp3) is 0.818. The lowest BCUT2D eigenvalue weighted by Crippen LogP contribution is -2.37. The van der Waals surface area contributed by atoms with Crippen molar-refractivity contribution in [1.82, 2.24) is 5.32 Å². The van der Waals surface area contributed by atoms with Crippen molar-refractivity contribution in [3.63, 3.8) is 0 Å². The Kier molecular flexibility index (Phi) is 4.29. The molecule has 0 aliphatic carbocycles. The number of hydrogen-bond donors (Lipinski definition) is 1. The van der Waals surface area contributed by atoms with Crippen LogP contribution in [-0.4, -0.2) is 18.7 Å². The van der Waals surface area contributed by atoms with E-state index in [2.05, 4.69) is 32.2 Å². The highest BCUT2D eigenvalue weighted by molar-refractivity contribution is 4.83. The van der Waals surface area contributed by atoms with Gasteiger partial charge in [-0.3, -0.25) is 0 Å². The highest BCUT2D eigenvalue weighted by Crippen LogP contribution is 2.10. The fourth-order valence-electron chi connectivity index (χ4n) is 1.29. The Morgan fingerprint density at radius 3 is 2.77 bits per heavy atom. The molecule has 0 aromatic rings. The summed E-state index contributed by atoms with van der Waals surface area (Å²) in [6.45, 7) is 7.67. The first-order valence-electron chi connectivity index (χ1n) is 5.24. The molecule has 76 valence electrons. The van der Waals surface area contributed by atoms with E-state index in [1.165, 1.54) is 0 Å².